The van der Waals surface area contributed by atoms with Crippen molar-refractivity contribution in [1.82, 2.24) is 14.2 Å². The van der Waals surface area contributed by atoms with Gasteiger partial charge in [0.05, 0.1) is 30.9 Å². The summed E-state index contributed by atoms with van der Waals surface area (Å²) in [4.78, 5) is 17.5. The molecule has 0 aromatic carbocycles. The van der Waals surface area contributed by atoms with E-state index in [9.17, 15) is 18.3 Å². The number of piperazine rings is 1. The maximum absolute atomic E-state index is 12.9. The van der Waals surface area contributed by atoms with Crippen LogP contribution in [0.1, 0.15) is 30.1 Å². The summed E-state index contributed by atoms with van der Waals surface area (Å²) < 4.78 is 38.0. The first-order valence-electron chi connectivity index (χ1n) is 9.10. The minimum atomic E-state index is -3.82. The van der Waals surface area contributed by atoms with Crippen LogP contribution in [-0.4, -0.2) is 80.6 Å². The average molecular weight is 421 g/mol. The minimum absolute atomic E-state index is 0. The SMILES string of the molecule is CCN1CCN(S(=O)(=O)c2cnc(OC3CCOCC3)c(C(=O)[O-])c2)CC1.[Na+]. The van der Waals surface area contributed by atoms with Crippen LogP contribution in [0.4, 0.5) is 0 Å². The van der Waals surface area contributed by atoms with E-state index in [0.717, 1.165) is 18.8 Å². The average Bonchev–Trinajstić information content (AvgIpc) is 2.69. The molecule has 0 unspecified atom stereocenters. The van der Waals surface area contributed by atoms with Crippen LogP contribution in [0.3, 0.4) is 0 Å². The number of nitrogens with zero attached hydrogens (tertiary/aromatic N) is 3. The molecular weight excluding hydrogens is 397 g/mol. The maximum atomic E-state index is 12.9. The Morgan fingerprint density at radius 3 is 2.50 bits per heavy atom. The van der Waals surface area contributed by atoms with Crippen LogP contribution < -0.4 is 39.4 Å². The van der Waals surface area contributed by atoms with Gasteiger partial charge in [-0.3, -0.25) is 0 Å². The molecule has 0 atom stereocenters. The predicted octanol–water partition coefficient (Wildman–Crippen LogP) is -3.67. The number of ether oxygens (including phenoxy) is 2. The number of carboxylic acid groups (broad SMARTS) is 1. The normalized spacial score (nSPS) is 19.8. The van der Waals surface area contributed by atoms with E-state index in [1.54, 1.807) is 0 Å². The molecule has 0 aliphatic carbocycles. The van der Waals surface area contributed by atoms with Crippen LogP contribution in [0, 0.1) is 0 Å². The molecule has 1 aromatic heterocycles. The third kappa shape index (κ3) is 5.44. The number of pyridine rings is 1. The van der Waals surface area contributed by atoms with Crippen molar-refractivity contribution in [2.45, 2.75) is 30.8 Å². The molecule has 2 aliphatic rings. The molecule has 150 valence electrons. The second-order valence-corrected chi connectivity index (χ2v) is 8.52. The van der Waals surface area contributed by atoms with Gasteiger partial charge in [0, 0.05) is 39.0 Å². The summed E-state index contributed by atoms with van der Waals surface area (Å²) in [6.07, 6.45) is 2.18. The van der Waals surface area contributed by atoms with Gasteiger partial charge in [0.25, 0.3) is 0 Å². The number of sulfonamides is 1. The Morgan fingerprint density at radius 2 is 1.93 bits per heavy atom. The first kappa shape index (κ1) is 23.5. The number of rotatable bonds is 6. The van der Waals surface area contributed by atoms with Crippen molar-refractivity contribution in [2.75, 3.05) is 45.9 Å². The Kier molecular flexibility index (Phi) is 8.68. The zero-order chi connectivity index (χ0) is 19.4. The molecule has 0 amide bonds. The van der Waals surface area contributed by atoms with Crippen LogP contribution >= 0.6 is 0 Å². The molecule has 11 heteroatoms. The summed E-state index contributed by atoms with van der Waals surface area (Å²) in [5.74, 6) is -1.63. The van der Waals surface area contributed by atoms with Crippen LogP contribution in [0.5, 0.6) is 5.88 Å². The molecule has 3 rings (SSSR count). The molecule has 0 radical (unpaired) electrons. The van der Waals surface area contributed by atoms with Gasteiger partial charge in [-0.25, -0.2) is 13.4 Å². The number of hydrogen-bond acceptors (Lipinski definition) is 8. The number of likely N-dealkylation sites (N-methyl/N-ethyl adjacent to an activating group) is 1. The first-order valence-corrected chi connectivity index (χ1v) is 10.5. The van der Waals surface area contributed by atoms with Crippen molar-refractivity contribution >= 4 is 16.0 Å². The number of aromatic carboxylic acids is 1. The number of carboxylic acids is 1. The molecule has 28 heavy (non-hydrogen) atoms. The van der Waals surface area contributed by atoms with Crippen molar-refractivity contribution in [3.63, 3.8) is 0 Å². The first-order chi connectivity index (χ1) is 12.9. The van der Waals surface area contributed by atoms with E-state index in [-0.39, 0.29) is 52.0 Å². The molecule has 2 aliphatic heterocycles. The quantitative estimate of drug-likeness (QED) is 0.432. The van der Waals surface area contributed by atoms with Gasteiger partial charge in [0.2, 0.25) is 15.9 Å². The Hall–Kier alpha value is -0.750. The molecule has 3 heterocycles. The molecule has 0 saturated carbocycles. The minimum Gasteiger partial charge on any atom is -0.545 e. The molecule has 0 bridgehead atoms. The van der Waals surface area contributed by atoms with Gasteiger partial charge >= 0.3 is 29.6 Å². The smallest absolute Gasteiger partial charge is 0.545 e. The van der Waals surface area contributed by atoms with E-state index in [4.69, 9.17) is 9.47 Å². The Labute approximate surface area is 187 Å². The van der Waals surface area contributed by atoms with Gasteiger partial charge in [-0.05, 0) is 12.6 Å². The van der Waals surface area contributed by atoms with E-state index in [0.29, 0.717) is 52.2 Å². The summed E-state index contributed by atoms with van der Waals surface area (Å²) in [5.41, 5.74) is -0.352. The number of carbonyl (C=O) groups is 1. The topological polar surface area (TPSA) is 112 Å². The van der Waals surface area contributed by atoms with Crippen molar-refractivity contribution in [2.24, 2.45) is 0 Å². The molecule has 0 N–H and O–H groups in total. The van der Waals surface area contributed by atoms with Gasteiger partial charge in [-0.15, -0.1) is 0 Å². The van der Waals surface area contributed by atoms with E-state index in [1.807, 2.05) is 6.92 Å². The second kappa shape index (κ2) is 10.3. The summed E-state index contributed by atoms with van der Waals surface area (Å²) in [6, 6.07) is 1.08. The Balaban J connectivity index is 0.00000280. The van der Waals surface area contributed by atoms with Crippen LogP contribution in [0.15, 0.2) is 17.2 Å². The van der Waals surface area contributed by atoms with Crippen molar-refractivity contribution in [3.05, 3.63) is 17.8 Å². The van der Waals surface area contributed by atoms with E-state index in [2.05, 4.69) is 9.88 Å². The zero-order valence-corrected chi connectivity index (χ0v) is 19.1. The van der Waals surface area contributed by atoms with E-state index >= 15 is 0 Å². The van der Waals surface area contributed by atoms with Crippen molar-refractivity contribution < 1.29 is 57.3 Å². The van der Waals surface area contributed by atoms with Gasteiger partial charge in [0.1, 0.15) is 11.0 Å². The third-order valence-corrected chi connectivity index (χ3v) is 6.77. The zero-order valence-electron chi connectivity index (χ0n) is 16.3. The fraction of sp³-hybridized carbons (Fsp3) is 0.647. The van der Waals surface area contributed by atoms with Crippen molar-refractivity contribution in [3.8, 4) is 5.88 Å². The van der Waals surface area contributed by atoms with Crippen molar-refractivity contribution in [1.29, 1.82) is 0 Å². The maximum Gasteiger partial charge on any atom is 1.00 e. The van der Waals surface area contributed by atoms with Crippen LogP contribution in [0.25, 0.3) is 0 Å². The van der Waals surface area contributed by atoms with Crippen LogP contribution in [0.2, 0.25) is 0 Å². The van der Waals surface area contributed by atoms with Crippen LogP contribution in [-0.2, 0) is 14.8 Å². The van der Waals surface area contributed by atoms with Gasteiger partial charge < -0.3 is 24.3 Å². The summed E-state index contributed by atoms with van der Waals surface area (Å²) in [5, 5.41) is 11.5. The molecule has 1 aromatic rings. The molecular formula is C17H24N3NaO6S. The number of hydrogen-bond donors (Lipinski definition) is 0. The number of carbonyl (C=O) groups excluding carboxylic acids is 1. The monoisotopic (exact) mass is 421 g/mol. The Morgan fingerprint density at radius 1 is 1.29 bits per heavy atom. The summed E-state index contributed by atoms with van der Waals surface area (Å²) >= 11 is 0. The Bertz CT molecular complexity index is 777. The summed E-state index contributed by atoms with van der Waals surface area (Å²) in [6.45, 7) is 5.94. The molecule has 9 nitrogen and oxygen atoms in total. The predicted molar refractivity (Wildman–Crippen MR) is 93.9 cm³/mol. The van der Waals surface area contributed by atoms with Gasteiger partial charge in [-0.1, -0.05) is 6.92 Å². The van der Waals surface area contributed by atoms with E-state index < -0.39 is 16.0 Å². The summed E-state index contributed by atoms with van der Waals surface area (Å²) in [7, 11) is -3.82. The third-order valence-electron chi connectivity index (χ3n) is 4.91. The molecule has 2 saturated heterocycles. The van der Waals surface area contributed by atoms with Gasteiger partial charge in [0.15, 0.2) is 0 Å². The fourth-order valence-corrected chi connectivity index (χ4v) is 4.60. The standard InChI is InChI=1S/C17H25N3O6S.Na/c1-2-19-5-7-20(8-6-19)27(23,24)14-11-15(17(21)22)16(18-12-14)26-13-3-9-25-10-4-13;/h11-13H,2-10H2,1H3,(H,21,22);/q;+1/p-1. The molecule has 0 spiro atoms. The fourth-order valence-electron chi connectivity index (χ4n) is 3.20. The van der Waals surface area contributed by atoms with Gasteiger partial charge in [-0.2, -0.15) is 4.31 Å². The number of aromatic nitrogens is 1. The van der Waals surface area contributed by atoms with E-state index in [1.165, 1.54) is 4.31 Å². The largest absolute Gasteiger partial charge is 1.00 e. The molecule has 2 fully saturated rings. The second-order valence-electron chi connectivity index (χ2n) is 6.58.